The quantitative estimate of drug-likeness (QED) is 0.130. The Morgan fingerprint density at radius 2 is 1.20 bits per heavy atom. The van der Waals surface area contributed by atoms with E-state index in [0.29, 0.717) is 12.2 Å². The number of rotatable bonds is 20. The van der Waals surface area contributed by atoms with Gasteiger partial charge in [-0.15, -0.1) is 0 Å². The van der Waals surface area contributed by atoms with Crippen molar-refractivity contribution in [2.45, 2.75) is 116 Å². The predicted molar refractivity (Wildman–Crippen MR) is 125 cm³/mol. The molecule has 0 amide bonds. The van der Waals surface area contributed by atoms with Crippen molar-refractivity contribution < 1.29 is 14.7 Å². The zero-order valence-corrected chi connectivity index (χ0v) is 19.2. The fourth-order valence-corrected chi connectivity index (χ4v) is 3.82. The predicted octanol–water partition coefficient (Wildman–Crippen LogP) is 7.51. The summed E-state index contributed by atoms with van der Waals surface area (Å²) in [4.78, 5) is 12.1. The van der Waals surface area contributed by atoms with Crippen molar-refractivity contribution in [3.05, 3.63) is 35.9 Å². The van der Waals surface area contributed by atoms with Crippen molar-refractivity contribution in [2.75, 3.05) is 6.61 Å². The lowest BCUT2D eigenvalue weighted by Crippen LogP contribution is -2.28. The van der Waals surface area contributed by atoms with E-state index in [1.807, 2.05) is 18.2 Å². The first-order valence-corrected chi connectivity index (χ1v) is 12.4. The van der Waals surface area contributed by atoms with Gasteiger partial charge in [-0.05, 0) is 12.0 Å². The largest absolute Gasteiger partial charge is 0.464 e. The van der Waals surface area contributed by atoms with Crippen molar-refractivity contribution in [3.63, 3.8) is 0 Å². The van der Waals surface area contributed by atoms with Gasteiger partial charge in [0.1, 0.15) is 0 Å². The molecule has 4 heteroatoms. The van der Waals surface area contributed by atoms with Gasteiger partial charge in [0.25, 0.3) is 0 Å². The van der Waals surface area contributed by atoms with E-state index in [1.54, 1.807) is 12.1 Å². The summed E-state index contributed by atoms with van der Waals surface area (Å²) in [5, 5.41) is 9.24. The number of carbonyl (C=O) groups is 1. The van der Waals surface area contributed by atoms with E-state index in [2.05, 4.69) is 12.4 Å². The zero-order valence-electron chi connectivity index (χ0n) is 19.2. The van der Waals surface area contributed by atoms with Crippen LogP contribution >= 0.6 is 0 Å². The van der Waals surface area contributed by atoms with Crippen LogP contribution < -0.4 is 5.48 Å². The van der Waals surface area contributed by atoms with Gasteiger partial charge in [-0.2, -0.15) is 5.48 Å². The molecular weight excluding hydrogens is 374 g/mol. The fourth-order valence-electron chi connectivity index (χ4n) is 3.82. The lowest BCUT2D eigenvalue weighted by atomic mass is 10.0. The van der Waals surface area contributed by atoms with Gasteiger partial charge in [0.05, 0.1) is 6.61 Å². The summed E-state index contributed by atoms with van der Waals surface area (Å²) in [5.41, 5.74) is 2.76. The second-order valence-corrected chi connectivity index (χ2v) is 8.44. The fraction of sp³-hybridized carbons (Fsp3) is 0.731. The highest BCUT2D eigenvalue weighted by molar-refractivity contribution is 5.77. The number of esters is 1. The highest BCUT2D eigenvalue weighted by Gasteiger charge is 2.20. The van der Waals surface area contributed by atoms with Crippen molar-refractivity contribution in [1.82, 2.24) is 5.48 Å². The number of carbonyl (C=O) groups excluding carboxylic acids is 1. The maximum Gasteiger partial charge on any atom is 0.330 e. The van der Waals surface area contributed by atoms with Crippen LogP contribution in [0.25, 0.3) is 0 Å². The molecule has 0 aliphatic rings. The third kappa shape index (κ3) is 13.8. The average molecular weight is 420 g/mol. The highest BCUT2D eigenvalue weighted by atomic mass is 16.5. The summed E-state index contributed by atoms with van der Waals surface area (Å²) in [6.45, 7) is 2.69. The summed E-state index contributed by atoms with van der Waals surface area (Å²) < 4.78 is 5.31. The van der Waals surface area contributed by atoms with Crippen LogP contribution in [0.1, 0.15) is 121 Å². The Hall–Kier alpha value is -1.39. The molecule has 2 N–H and O–H groups in total. The first-order chi connectivity index (χ1) is 14.8. The van der Waals surface area contributed by atoms with Crippen molar-refractivity contribution in [3.8, 4) is 0 Å². The van der Waals surface area contributed by atoms with Gasteiger partial charge in [0.2, 0.25) is 0 Å². The number of ether oxygens (including phenoxy) is 1. The van der Waals surface area contributed by atoms with E-state index in [1.165, 1.54) is 89.9 Å². The number of hydroxylamine groups is 1. The molecule has 0 aromatic heterocycles. The molecule has 0 aliphatic heterocycles. The molecule has 1 atom stereocenters. The summed E-state index contributed by atoms with van der Waals surface area (Å²) in [6.07, 6.45) is 21.2. The molecular formula is C26H45NO3. The van der Waals surface area contributed by atoms with Crippen molar-refractivity contribution in [2.24, 2.45) is 0 Å². The summed E-state index contributed by atoms with van der Waals surface area (Å²) in [7, 11) is 0. The van der Waals surface area contributed by atoms with Gasteiger partial charge in [0.15, 0.2) is 6.04 Å². The third-order valence-electron chi connectivity index (χ3n) is 5.74. The van der Waals surface area contributed by atoms with Gasteiger partial charge < -0.3 is 9.94 Å². The molecule has 0 saturated heterocycles. The van der Waals surface area contributed by atoms with E-state index in [-0.39, 0.29) is 0 Å². The Morgan fingerprint density at radius 3 is 1.63 bits per heavy atom. The van der Waals surface area contributed by atoms with E-state index in [9.17, 15) is 10.0 Å². The molecule has 4 nitrogen and oxygen atoms in total. The molecule has 0 radical (unpaired) electrons. The van der Waals surface area contributed by atoms with Gasteiger partial charge in [-0.3, -0.25) is 0 Å². The van der Waals surface area contributed by atoms with Gasteiger partial charge in [-0.25, -0.2) is 4.79 Å². The number of hydrogen-bond donors (Lipinski definition) is 2. The normalized spacial score (nSPS) is 12.1. The number of nitrogens with one attached hydrogen (secondary N) is 1. The van der Waals surface area contributed by atoms with Crippen molar-refractivity contribution >= 4 is 5.97 Å². The molecule has 0 aliphatic carbocycles. The van der Waals surface area contributed by atoms with Gasteiger partial charge >= 0.3 is 5.97 Å². The maximum atomic E-state index is 12.1. The summed E-state index contributed by atoms with van der Waals surface area (Å²) in [6, 6.07) is 8.32. The standard InChI is InChI=1S/C26H45NO3/c1-2-3-4-5-6-7-8-9-10-11-12-13-14-15-16-20-23-30-26(28)25(27-29)24-21-18-17-19-22-24/h17-19,21-22,25,27,29H,2-16,20,23H2,1H3. The molecule has 0 heterocycles. The second-order valence-electron chi connectivity index (χ2n) is 8.44. The minimum atomic E-state index is -0.813. The molecule has 1 aromatic rings. The van der Waals surface area contributed by atoms with E-state index in [0.717, 1.165) is 12.8 Å². The Kier molecular flexibility index (Phi) is 17.4. The second kappa shape index (κ2) is 19.6. The smallest absolute Gasteiger partial charge is 0.330 e. The molecule has 1 aromatic carbocycles. The minimum Gasteiger partial charge on any atom is -0.464 e. The van der Waals surface area contributed by atoms with Crippen LogP contribution in [0, 0.1) is 0 Å². The Bertz CT molecular complexity index is 506. The monoisotopic (exact) mass is 419 g/mol. The molecule has 0 bridgehead atoms. The van der Waals surface area contributed by atoms with Gasteiger partial charge in [0, 0.05) is 0 Å². The Morgan fingerprint density at radius 1 is 0.767 bits per heavy atom. The van der Waals surface area contributed by atoms with E-state index in [4.69, 9.17) is 4.74 Å². The lowest BCUT2D eigenvalue weighted by molar-refractivity contribution is -0.149. The average Bonchev–Trinajstić information content (AvgIpc) is 2.77. The Labute approximate surface area is 184 Å². The molecule has 0 fully saturated rings. The molecule has 0 spiro atoms. The van der Waals surface area contributed by atoms with E-state index >= 15 is 0 Å². The van der Waals surface area contributed by atoms with Crippen LogP contribution in [0.5, 0.6) is 0 Å². The molecule has 1 unspecified atom stereocenters. The first-order valence-electron chi connectivity index (χ1n) is 12.4. The highest BCUT2D eigenvalue weighted by Crippen LogP contribution is 2.15. The molecule has 30 heavy (non-hydrogen) atoms. The van der Waals surface area contributed by atoms with Crippen LogP contribution in [0.2, 0.25) is 0 Å². The zero-order chi connectivity index (χ0) is 21.7. The van der Waals surface area contributed by atoms with Crippen LogP contribution in [0.3, 0.4) is 0 Å². The van der Waals surface area contributed by atoms with E-state index < -0.39 is 12.0 Å². The van der Waals surface area contributed by atoms with Gasteiger partial charge in [-0.1, -0.05) is 134 Å². The first kappa shape index (κ1) is 26.6. The van der Waals surface area contributed by atoms with Crippen LogP contribution in [0.4, 0.5) is 0 Å². The SMILES string of the molecule is CCCCCCCCCCCCCCCCCCOC(=O)C(NO)c1ccccc1. The van der Waals surface area contributed by atoms with Crippen LogP contribution in [-0.2, 0) is 9.53 Å². The lowest BCUT2D eigenvalue weighted by Gasteiger charge is -2.14. The Balaban J connectivity index is 1.86. The third-order valence-corrected chi connectivity index (χ3v) is 5.74. The molecule has 172 valence electrons. The molecule has 1 rings (SSSR count). The topological polar surface area (TPSA) is 58.6 Å². The maximum absolute atomic E-state index is 12.1. The van der Waals surface area contributed by atoms with Crippen molar-refractivity contribution in [1.29, 1.82) is 0 Å². The minimum absolute atomic E-state index is 0.419. The van der Waals surface area contributed by atoms with Crippen LogP contribution in [0.15, 0.2) is 30.3 Å². The number of hydrogen-bond acceptors (Lipinski definition) is 4. The summed E-state index contributed by atoms with van der Waals surface area (Å²) in [5.74, 6) is -0.426. The number of unbranched alkanes of at least 4 members (excludes halogenated alkanes) is 15. The number of benzene rings is 1. The van der Waals surface area contributed by atoms with Crippen LogP contribution in [-0.4, -0.2) is 17.8 Å². The summed E-state index contributed by atoms with van der Waals surface area (Å²) >= 11 is 0. The molecule has 0 saturated carbocycles.